The molecule has 2 fully saturated rings. The van der Waals surface area contributed by atoms with Crippen LogP contribution in [0.4, 0.5) is 0 Å². The first-order valence-corrected chi connectivity index (χ1v) is 8.49. The molecule has 8 heteroatoms. The zero-order valence-electron chi connectivity index (χ0n) is 14.2. The van der Waals surface area contributed by atoms with E-state index in [-0.39, 0.29) is 23.6 Å². The Morgan fingerprint density at radius 2 is 2.04 bits per heavy atom. The normalized spacial score (nSPS) is 24.8. The van der Waals surface area contributed by atoms with Crippen LogP contribution in [0.1, 0.15) is 46.0 Å². The van der Waals surface area contributed by atoms with Crippen LogP contribution in [0, 0.1) is 5.92 Å². The maximum atomic E-state index is 12.8. The van der Waals surface area contributed by atoms with Crippen LogP contribution in [0.2, 0.25) is 0 Å². The van der Waals surface area contributed by atoms with Crippen LogP contribution in [0.5, 0.6) is 0 Å². The molecule has 2 aliphatic rings. The van der Waals surface area contributed by atoms with Crippen molar-refractivity contribution in [3.63, 3.8) is 0 Å². The molecule has 0 radical (unpaired) electrons. The number of hydrogen-bond donors (Lipinski definition) is 3. The molecular formula is C16H26N4O4. The van der Waals surface area contributed by atoms with E-state index in [1.54, 1.807) is 0 Å². The summed E-state index contributed by atoms with van der Waals surface area (Å²) in [6.45, 7) is 4.38. The second-order valence-electron chi connectivity index (χ2n) is 6.94. The van der Waals surface area contributed by atoms with Gasteiger partial charge in [0.2, 0.25) is 23.6 Å². The fourth-order valence-electron chi connectivity index (χ4n) is 3.30. The summed E-state index contributed by atoms with van der Waals surface area (Å²) in [5.74, 6) is -1.11. The van der Waals surface area contributed by atoms with E-state index >= 15 is 0 Å². The van der Waals surface area contributed by atoms with Crippen molar-refractivity contribution in [2.45, 2.75) is 64.1 Å². The minimum Gasteiger partial charge on any atom is -0.368 e. The SMILES string of the molecule is CC(C)C[C@H](NC(=O)[C@@H]1CCC(=O)N1)C(=O)N1CCC[C@H]1C(N)=O. The van der Waals surface area contributed by atoms with Crippen LogP contribution in [0.15, 0.2) is 0 Å². The summed E-state index contributed by atoms with van der Waals surface area (Å²) in [6.07, 6.45) is 2.49. The molecule has 0 saturated carbocycles. The Morgan fingerprint density at radius 1 is 1.33 bits per heavy atom. The molecule has 2 rings (SSSR count). The first-order valence-electron chi connectivity index (χ1n) is 8.49. The van der Waals surface area contributed by atoms with E-state index in [2.05, 4.69) is 10.6 Å². The molecule has 2 saturated heterocycles. The lowest BCUT2D eigenvalue weighted by atomic mass is 10.0. The molecule has 8 nitrogen and oxygen atoms in total. The average Bonchev–Trinajstić information content (AvgIpc) is 3.13. The summed E-state index contributed by atoms with van der Waals surface area (Å²) in [4.78, 5) is 49.4. The van der Waals surface area contributed by atoms with E-state index in [0.29, 0.717) is 32.2 Å². The number of amides is 4. The quantitative estimate of drug-likeness (QED) is 0.591. The van der Waals surface area contributed by atoms with Crippen molar-refractivity contribution >= 4 is 23.6 Å². The van der Waals surface area contributed by atoms with Crippen molar-refractivity contribution in [3.8, 4) is 0 Å². The lowest BCUT2D eigenvalue weighted by molar-refractivity contribution is -0.141. The summed E-state index contributed by atoms with van der Waals surface area (Å²) >= 11 is 0. The van der Waals surface area contributed by atoms with Crippen LogP contribution >= 0.6 is 0 Å². The van der Waals surface area contributed by atoms with Gasteiger partial charge in [-0.1, -0.05) is 13.8 Å². The van der Waals surface area contributed by atoms with Gasteiger partial charge in [0.1, 0.15) is 18.1 Å². The van der Waals surface area contributed by atoms with E-state index < -0.39 is 24.0 Å². The predicted molar refractivity (Wildman–Crippen MR) is 86.5 cm³/mol. The molecule has 3 atom stereocenters. The van der Waals surface area contributed by atoms with Crippen molar-refractivity contribution < 1.29 is 19.2 Å². The van der Waals surface area contributed by atoms with E-state index in [4.69, 9.17) is 5.73 Å². The van der Waals surface area contributed by atoms with Crippen molar-refractivity contribution in [2.75, 3.05) is 6.54 Å². The van der Waals surface area contributed by atoms with Gasteiger partial charge in [-0.15, -0.1) is 0 Å². The lowest BCUT2D eigenvalue weighted by Crippen LogP contribution is -2.55. The number of nitrogens with one attached hydrogen (secondary N) is 2. The van der Waals surface area contributed by atoms with Crippen LogP contribution in [-0.2, 0) is 19.2 Å². The van der Waals surface area contributed by atoms with Crippen molar-refractivity contribution in [1.29, 1.82) is 0 Å². The van der Waals surface area contributed by atoms with Crippen molar-refractivity contribution in [2.24, 2.45) is 11.7 Å². The van der Waals surface area contributed by atoms with Gasteiger partial charge in [0, 0.05) is 13.0 Å². The molecule has 24 heavy (non-hydrogen) atoms. The number of nitrogens with zero attached hydrogens (tertiary/aromatic N) is 1. The molecular weight excluding hydrogens is 312 g/mol. The summed E-state index contributed by atoms with van der Waals surface area (Å²) in [7, 11) is 0. The van der Waals surface area contributed by atoms with Crippen LogP contribution in [0.25, 0.3) is 0 Å². The molecule has 0 aromatic rings. The predicted octanol–water partition coefficient (Wildman–Crippen LogP) is -0.728. The standard InChI is InChI=1S/C16H26N4O4/c1-9(2)8-11(19-15(23)10-5-6-13(21)18-10)16(24)20-7-3-4-12(20)14(17)22/h9-12H,3-8H2,1-2H3,(H2,17,22)(H,18,21)(H,19,23)/t10-,11-,12-/m0/s1. The molecule has 0 spiro atoms. The lowest BCUT2D eigenvalue weighted by Gasteiger charge is -2.29. The molecule has 0 bridgehead atoms. The van der Waals surface area contributed by atoms with Gasteiger partial charge in [-0.25, -0.2) is 0 Å². The Kier molecular flexibility index (Phi) is 5.80. The second-order valence-corrected chi connectivity index (χ2v) is 6.94. The van der Waals surface area contributed by atoms with Gasteiger partial charge < -0.3 is 21.3 Å². The molecule has 0 aliphatic carbocycles. The number of hydrogen-bond acceptors (Lipinski definition) is 4. The summed E-state index contributed by atoms with van der Waals surface area (Å²) < 4.78 is 0. The molecule has 4 N–H and O–H groups in total. The number of primary amides is 1. The number of rotatable bonds is 6. The van der Waals surface area contributed by atoms with Gasteiger partial charge in [-0.05, 0) is 31.6 Å². The molecule has 4 amide bonds. The Balaban J connectivity index is 2.06. The third kappa shape index (κ3) is 4.24. The first kappa shape index (κ1) is 18.2. The summed E-state index contributed by atoms with van der Waals surface area (Å²) in [5, 5.41) is 5.35. The first-order chi connectivity index (χ1) is 11.3. The highest BCUT2D eigenvalue weighted by molar-refractivity contribution is 5.95. The highest BCUT2D eigenvalue weighted by Gasteiger charge is 2.38. The largest absolute Gasteiger partial charge is 0.368 e. The average molecular weight is 338 g/mol. The fourth-order valence-corrected chi connectivity index (χ4v) is 3.30. The highest BCUT2D eigenvalue weighted by Crippen LogP contribution is 2.20. The third-order valence-corrected chi connectivity index (χ3v) is 4.50. The second kappa shape index (κ2) is 7.63. The Labute approximate surface area is 141 Å². The summed E-state index contributed by atoms with van der Waals surface area (Å²) in [6, 6.07) is -1.91. The van der Waals surface area contributed by atoms with Gasteiger partial charge in [0.25, 0.3) is 0 Å². The fraction of sp³-hybridized carbons (Fsp3) is 0.750. The number of likely N-dealkylation sites (tertiary alicyclic amines) is 1. The van der Waals surface area contributed by atoms with Crippen LogP contribution < -0.4 is 16.4 Å². The van der Waals surface area contributed by atoms with Crippen LogP contribution in [0.3, 0.4) is 0 Å². The van der Waals surface area contributed by atoms with Gasteiger partial charge >= 0.3 is 0 Å². The minimum absolute atomic E-state index is 0.157. The van der Waals surface area contributed by atoms with E-state index in [1.165, 1.54) is 4.90 Å². The highest BCUT2D eigenvalue weighted by atomic mass is 16.2. The van der Waals surface area contributed by atoms with Gasteiger partial charge in [0.05, 0.1) is 0 Å². The van der Waals surface area contributed by atoms with Gasteiger partial charge in [0.15, 0.2) is 0 Å². The topological polar surface area (TPSA) is 122 Å². The smallest absolute Gasteiger partial charge is 0.245 e. The van der Waals surface area contributed by atoms with Crippen LogP contribution in [-0.4, -0.2) is 53.2 Å². The minimum atomic E-state index is -0.713. The van der Waals surface area contributed by atoms with E-state index in [0.717, 1.165) is 6.42 Å². The monoisotopic (exact) mass is 338 g/mol. The molecule has 0 unspecified atom stereocenters. The number of nitrogens with two attached hydrogens (primary N) is 1. The number of carbonyl (C=O) groups excluding carboxylic acids is 4. The number of carbonyl (C=O) groups is 4. The zero-order chi connectivity index (χ0) is 17.9. The third-order valence-electron chi connectivity index (χ3n) is 4.50. The van der Waals surface area contributed by atoms with E-state index in [1.807, 2.05) is 13.8 Å². The Morgan fingerprint density at radius 3 is 2.58 bits per heavy atom. The molecule has 2 heterocycles. The molecule has 134 valence electrons. The van der Waals surface area contributed by atoms with Crippen molar-refractivity contribution in [3.05, 3.63) is 0 Å². The summed E-state index contributed by atoms with van der Waals surface area (Å²) in [5.41, 5.74) is 5.38. The van der Waals surface area contributed by atoms with Gasteiger partial charge in [-0.2, -0.15) is 0 Å². The maximum absolute atomic E-state index is 12.8. The molecule has 0 aromatic carbocycles. The molecule has 0 aromatic heterocycles. The van der Waals surface area contributed by atoms with E-state index in [9.17, 15) is 19.2 Å². The zero-order valence-corrected chi connectivity index (χ0v) is 14.2. The van der Waals surface area contributed by atoms with Gasteiger partial charge in [-0.3, -0.25) is 19.2 Å². The Bertz CT molecular complexity index is 534. The Hall–Kier alpha value is -2.12. The van der Waals surface area contributed by atoms with Crippen molar-refractivity contribution in [1.82, 2.24) is 15.5 Å². The maximum Gasteiger partial charge on any atom is 0.245 e. The molecule has 2 aliphatic heterocycles.